The quantitative estimate of drug-likeness (QED) is 0.859. The van der Waals surface area contributed by atoms with E-state index >= 15 is 0 Å². The third kappa shape index (κ3) is 2.71. The number of nitrogens with zero attached hydrogens (tertiary/aromatic N) is 1. The van der Waals surface area contributed by atoms with E-state index in [1.165, 1.54) is 0 Å². The van der Waals surface area contributed by atoms with Gasteiger partial charge in [0.25, 0.3) is 0 Å². The Bertz CT molecular complexity index is 681. The number of benzene rings is 2. The fraction of sp³-hybridized carbons (Fsp3) is 0.316. The van der Waals surface area contributed by atoms with E-state index in [0.717, 1.165) is 29.0 Å². The topological polar surface area (TPSA) is 29.5 Å². The summed E-state index contributed by atoms with van der Waals surface area (Å²) in [6.45, 7) is 5.33. The first-order valence-corrected chi connectivity index (χ1v) is 7.80. The molecule has 0 bridgehead atoms. The molecule has 2 aromatic rings. The van der Waals surface area contributed by atoms with Crippen LogP contribution >= 0.6 is 0 Å². The number of ether oxygens (including phenoxy) is 1. The second kappa shape index (κ2) is 6.22. The molecule has 1 atom stereocenters. The van der Waals surface area contributed by atoms with E-state index in [1.54, 1.807) is 0 Å². The van der Waals surface area contributed by atoms with E-state index in [-0.39, 0.29) is 11.8 Å². The SMILES string of the molecule is CCN(C(=O)C1CCOc2ccccc21)c1cccc(C)c1. The predicted octanol–water partition coefficient (Wildman–Crippen LogP) is 3.91. The van der Waals surface area contributed by atoms with Crippen LogP contribution in [0.3, 0.4) is 0 Å². The number of fused-ring (bicyclic) bond motifs is 1. The van der Waals surface area contributed by atoms with Gasteiger partial charge < -0.3 is 9.64 Å². The van der Waals surface area contributed by atoms with Gasteiger partial charge in [0, 0.05) is 17.8 Å². The summed E-state index contributed by atoms with van der Waals surface area (Å²) >= 11 is 0. The van der Waals surface area contributed by atoms with E-state index in [0.29, 0.717) is 13.2 Å². The Kier molecular flexibility index (Phi) is 4.14. The lowest BCUT2D eigenvalue weighted by Crippen LogP contribution is -2.37. The van der Waals surface area contributed by atoms with Crippen molar-refractivity contribution in [3.63, 3.8) is 0 Å². The molecule has 1 unspecified atom stereocenters. The van der Waals surface area contributed by atoms with Gasteiger partial charge >= 0.3 is 0 Å². The monoisotopic (exact) mass is 295 g/mol. The number of amides is 1. The van der Waals surface area contributed by atoms with Crippen LogP contribution in [-0.4, -0.2) is 19.1 Å². The molecule has 0 N–H and O–H groups in total. The van der Waals surface area contributed by atoms with Gasteiger partial charge in [0.1, 0.15) is 5.75 Å². The lowest BCUT2D eigenvalue weighted by Gasteiger charge is -2.30. The van der Waals surface area contributed by atoms with E-state index < -0.39 is 0 Å². The number of carbonyl (C=O) groups excluding carboxylic acids is 1. The van der Waals surface area contributed by atoms with Crippen molar-refractivity contribution in [1.29, 1.82) is 0 Å². The molecular weight excluding hydrogens is 274 g/mol. The maximum atomic E-state index is 13.1. The standard InChI is InChI=1S/C19H21NO2/c1-3-20(15-8-6-7-14(2)13-15)19(21)17-11-12-22-18-10-5-4-9-16(17)18/h4-10,13,17H,3,11-12H2,1-2H3. The maximum absolute atomic E-state index is 13.1. The fourth-order valence-corrected chi connectivity index (χ4v) is 3.05. The fourth-order valence-electron chi connectivity index (χ4n) is 3.05. The van der Waals surface area contributed by atoms with Gasteiger partial charge in [-0.1, -0.05) is 30.3 Å². The van der Waals surface area contributed by atoms with Crippen LogP contribution in [0.15, 0.2) is 48.5 Å². The highest BCUT2D eigenvalue weighted by atomic mass is 16.5. The number of hydrogen-bond acceptors (Lipinski definition) is 2. The molecule has 0 fully saturated rings. The van der Waals surface area contributed by atoms with E-state index in [1.807, 2.05) is 61.2 Å². The Morgan fingerprint density at radius 3 is 2.82 bits per heavy atom. The van der Waals surface area contributed by atoms with Crippen molar-refractivity contribution in [3.8, 4) is 5.75 Å². The molecule has 2 aromatic carbocycles. The van der Waals surface area contributed by atoms with Gasteiger partial charge in [-0.05, 0) is 44.0 Å². The maximum Gasteiger partial charge on any atom is 0.234 e. The van der Waals surface area contributed by atoms with Crippen LogP contribution in [0.2, 0.25) is 0 Å². The highest BCUT2D eigenvalue weighted by Crippen LogP contribution is 2.35. The molecular formula is C19H21NO2. The molecule has 0 spiro atoms. The number of hydrogen-bond donors (Lipinski definition) is 0. The third-order valence-corrected chi connectivity index (χ3v) is 4.15. The van der Waals surface area contributed by atoms with Crippen LogP contribution in [-0.2, 0) is 4.79 Å². The zero-order valence-electron chi connectivity index (χ0n) is 13.1. The lowest BCUT2D eigenvalue weighted by molar-refractivity contribution is -0.120. The lowest BCUT2D eigenvalue weighted by atomic mass is 9.91. The molecule has 1 amide bonds. The third-order valence-electron chi connectivity index (χ3n) is 4.15. The summed E-state index contributed by atoms with van der Waals surface area (Å²) in [6, 6.07) is 16.0. The summed E-state index contributed by atoms with van der Waals surface area (Å²) in [5.74, 6) is 0.877. The van der Waals surface area contributed by atoms with Gasteiger partial charge in [-0.25, -0.2) is 0 Å². The minimum Gasteiger partial charge on any atom is -0.493 e. The normalized spacial score (nSPS) is 16.5. The minimum absolute atomic E-state index is 0.120. The Morgan fingerprint density at radius 2 is 2.05 bits per heavy atom. The zero-order chi connectivity index (χ0) is 15.5. The van der Waals surface area contributed by atoms with Crippen LogP contribution in [0.1, 0.15) is 30.4 Å². The van der Waals surface area contributed by atoms with Crippen molar-refractivity contribution in [2.24, 2.45) is 0 Å². The van der Waals surface area contributed by atoms with Crippen molar-refractivity contribution >= 4 is 11.6 Å². The smallest absolute Gasteiger partial charge is 0.234 e. The Hall–Kier alpha value is -2.29. The molecule has 0 aliphatic carbocycles. The Morgan fingerprint density at radius 1 is 1.23 bits per heavy atom. The van der Waals surface area contributed by atoms with Gasteiger partial charge in [-0.15, -0.1) is 0 Å². The van der Waals surface area contributed by atoms with Crippen molar-refractivity contribution in [1.82, 2.24) is 0 Å². The van der Waals surface area contributed by atoms with Gasteiger partial charge in [-0.3, -0.25) is 4.79 Å². The molecule has 0 radical (unpaired) electrons. The first-order valence-electron chi connectivity index (χ1n) is 7.80. The first-order chi connectivity index (χ1) is 10.7. The average molecular weight is 295 g/mol. The van der Waals surface area contributed by atoms with Gasteiger partial charge in [0.05, 0.1) is 12.5 Å². The van der Waals surface area contributed by atoms with Crippen LogP contribution in [0.4, 0.5) is 5.69 Å². The van der Waals surface area contributed by atoms with E-state index in [9.17, 15) is 4.79 Å². The van der Waals surface area contributed by atoms with Crippen molar-refractivity contribution in [2.75, 3.05) is 18.1 Å². The highest BCUT2D eigenvalue weighted by molar-refractivity contribution is 5.98. The molecule has 1 aliphatic heterocycles. The average Bonchev–Trinajstić information content (AvgIpc) is 2.55. The van der Waals surface area contributed by atoms with Crippen molar-refractivity contribution in [2.45, 2.75) is 26.2 Å². The van der Waals surface area contributed by atoms with Gasteiger partial charge in [-0.2, -0.15) is 0 Å². The summed E-state index contributed by atoms with van der Waals surface area (Å²) in [7, 11) is 0. The molecule has 3 heteroatoms. The molecule has 1 heterocycles. The van der Waals surface area contributed by atoms with Crippen molar-refractivity contribution in [3.05, 3.63) is 59.7 Å². The molecule has 0 saturated carbocycles. The van der Waals surface area contributed by atoms with Gasteiger partial charge in [0.2, 0.25) is 5.91 Å². The summed E-state index contributed by atoms with van der Waals surface area (Å²) in [5, 5.41) is 0. The van der Waals surface area contributed by atoms with Crippen LogP contribution in [0.25, 0.3) is 0 Å². The largest absolute Gasteiger partial charge is 0.493 e. The van der Waals surface area contributed by atoms with Crippen LogP contribution in [0.5, 0.6) is 5.75 Å². The summed E-state index contributed by atoms with van der Waals surface area (Å²) in [5.41, 5.74) is 3.14. The molecule has 22 heavy (non-hydrogen) atoms. The molecule has 0 aromatic heterocycles. The Balaban J connectivity index is 1.93. The highest BCUT2D eigenvalue weighted by Gasteiger charge is 2.30. The number of aryl methyl sites for hydroxylation is 1. The predicted molar refractivity (Wildman–Crippen MR) is 88.5 cm³/mol. The summed E-state index contributed by atoms with van der Waals surface area (Å²) in [4.78, 5) is 14.9. The van der Waals surface area contributed by atoms with Crippen LogP contribution in [0, 0.1) is 6.92 Å². The first kappa shape index (κ1) is 14.6. The number of likely N-dealkylation sites (N-methyl/N-ethyl adjacent to an activating group) is 1. The molecule has 3 rings (SSSR count). The molecule has 1 aliphatic rings. The number of carbonyl (C=O) groups is 1. The second-order valence-electron chi connectivity index (χ2n) is 5.65. The second-order valence-corrected chi connectivity index (χ2v) is 5.65. The number of anilines is 1. The molecule has 0 saturated heterocycles. The molecule has 3 nitrogen and oxygen atoms in total. The number of rotatable bonds is 3. The van der Waals surface area contributed by atoms with E-state index in [4.69, 9.17) is 4.74 Å². The minimum atomic E-state index is -0.120. The van der Waals surface area contributed by atoms with Crippen LogP contribution < -0.4 is 9.64 Å². The summed E-state index contributed by atoms with van der Waals surface area (Å²) in [6.07, 6.45) is 0.734. The van der Waals surface area contributed by atoms with Crippen molar-refractivity contribution < 1.29 is 9.53 Å². The van der Waals surface area contributed by atoms with Gasteiger partial charge in [0.15, 0.2) is 0 Å². The van der Waals surface area contributed by atoms with E-state index in [2.05, 4.69) is 6.07 Å². The zero-order valence-corrected chi connectivity index (χ0v) is 13.1. The number of para-hydroxylation sites is 1. The Labute approximate surface area is 131 Å². The molecule has 114 valence electrons. The summed E-state index contributed by atoms with van der Waals surface area (Å²) < 4.78 is 5.67.